The van der Waals surface area contributed by atoms with E-state index in [-0.39, 0.29) is 24.3 Å². The van der Waals surface area contributed by atoms with Crippen LogP contribution in [0.5, 0.6) is 0 Å². The van der Waals surface area contributed by atoms with Crippen molar-refractivity contribution in [2.75, 3.05) is 11.9 Å². The highest BCUT2D eigenvalue weighted by atomic mass is 32.2. The van der Waals surface area contributed by atoms with E-state index < -0.39 is 10.3 Å². The minimum absolute atomic E-state index is 0.0295. The number of ketones is 1. The second-order valence-corrected chi connectivity index (χ2v) is 10.4. The van der Waals surface area contributed by atoms with E-state index >= 15 is 0 Å². The number of benzene rings is 1. The number of rotatable bonds is 9. The Morgan fingerprint density at radius 3 is 2.94 bits per heavy atom. The van der Waals surface area contributed by atoms with Crippen LogP contribution in [-0.4, -0.2) is 36.8 Å². The molecule has 2 atom stereocenters. The fourth-order valence-electron chi connectivity index (χ4n) is 4.06. The number of nitrogens with one attached hydrogen (secondary N) is 1. The predicted octanol–water partition coefficient (Wildman–Crippen LogP) is 3.03. The van der Waals surface area contributed by atoms with Crippen LogP contribution in [0.3, 0.4) is 0 Å². The third-order valence-corrected chi connectivity index (χ3v) is 7.09. The molecule has 0 aliphatic heterocycles. The Kier molecular flexibility index (Phi) is 7.33. The number of carbonyl (C=O) groups excluding carboxylic acids is 1. The summed E-state index contributed by atoms with van der Waals surface area (Å²) < 4.78 is 26.8. The number of nitriles is 1. The highest BCUT2D eigenvalue weighted by Crippen LogP contribution is 2.30. The van der Waals surface area contributed by atoms with Gasteiger partial charge in [-0.05, 0) is 66.3 Å². The fourth-order valence-corrected chi connectivity index (χ4v) is 5.31. The molecule has 3 N–H and O–H groups in total. The van der Waals surface area contributed by atoms with Gasteiger partial charge in [-0.3, -0.25) is 8.98 Å². The lowest BCUT2D eigenvalue weighted by Gasteiger charge is -2.15. The summed E-state index contributed by atoms with van der Waals surface area (Å²) in [4.78, 5) is 22.1. The highest BCUT2D eigenvalue weighted by Gasteiger charge is 2.28. The highest BCUT2D eigenvalue weighted by molar-refractivity contribution is 7.84. The average Bonchev–Trinajstić information content (AvgIpc) is 3.47. The van der Waals surface area contributed by atoms with Gasteiger partial charge in [0.25, 0.3) is 0 Å². The van der Waals surface area contributed by atoms with Crippen molar-refractivity contribution in [2.45, 2.75) is 31.7 Å². The summed E-state index contributed by atoms with van der Waals surface area (Å²) >= 11 is 1.36. The van der Waals surface area contributed by atoms with E-state index in [1.54, 1.807) is 6.07 Å². The first-order valence-corrected chi connectivity index (χ1v) is 13.0. The summed E-state index contributed by atoms with van der Waals surface area (Å²) in [5, 5.41) is 19.2. The number of aromatic nitrogens is 2. The summed E-state index contributed by atoms with van der Waals surface area (Å²) in [5.74, 6) is 0.336. The maximum absolute atomic E-state index is 13.2. The van der Waals surface area contributed by atoms with Crippen LogP contribution >= 0.6 is 11.3 Å². The second kappa shape index (κ2) is 10.4. The molecule has 0 radical (unpaired) electrons. The van der Waals surface area contributed by atoms with E-state index in [9.17, 15) is 13.2 Å². The van der Waals surface area contributed by atoms with Crippen LogP contribution in [-0.2, 0) is 20.9 Å². The lowest BCUT2D eigenvalue weighted by Crippen LogP contribution is -2.22. The van der Waals surface area contributed by atoms with Gasteiger partial charge in [0.2, 0.25) is 5.78 Å². The third-order valence-electron chi connectivity index (χ3n) is 5.65. The van der Waals surface area contributed by atoms with E-state index in [4.69, 9.17) is 14.6 Å². The van der Waals surface area contributed by atoms with E-state index in [0.717, 1.165) is 24.0 Å². The van der Waals surface area contributed by atoms with Crippen molar-refractivity contribution in [3.05, 3.63) is 75.4 Å². The van der Waals surface area contributed by atoms with Gasteiger partial charge in [0.15, 0.2) is 0 Å². The van der Waals surface area contributed by atoms with Crippen LogP contribution in [0.25, 0.3) is 0 Å². The smallest absolute Gasteiger partial charge is 0.333 e. The Bertz CT molecular complexity index is 1330. The van der Waals surface area contributed by atoms with E-state index in [0.29, 0.717) is 34.7 Å². The molecular weight excluding hydrogens is 474 g/mol. The van der Waals surface area contributed by atoms with Crippen molar-refractivity contribution < 1.29 is 17.4 Å². The third kappa shape index (κ3) is 6.24. The molecule has 34 heavy (non-hydrogen) atoms. The molecule has 0 amide bonds. The van der Waals surface area contributed by atoms with Gasteiger partial charge in [0.1, 0.15) is 12.1 Å². The quantitative estimate of drug-likeness (QED) is 0.429. The van der Waals surface area contributed by atoms with Crippen LogP contribution in [0.4, 0.5) is 5.82 Å². The normalized spacial score (nSPS) is 17.9. The number of nitrogens with two attached hydrogens (primary N) is 1. The maximum Gasteiger partial charge on any atom is 0.333 e. The van der Waals surface area contributed by atoms with Crippen LogP contribution in [0, 0.1) is 17.2 Å². The number of thiophene rings is 1. The van der Waals surface area contributed by atoms with Crippen molar-refractivity contribution in [2.24, 2.45) is 11.1 Å². The minimum atomic E-state index is -3.96. The molecule has 4 rings (SSSR count). The molecule has 2 heterocycles. The van der Waals surface area contributed by atoms with Crippen LogP contribution in [0.2, 0.25) is 0 Å². The van der Waals surface area contributed by atoms with Gasteiger partial charge >= 0.3 is 10.3 Å². The summed E-state index contributed by atoms with van der Waals surface area (Å²) in [5.41, 5.74) is 2.98. The van der Waals surface area contributed by atoms with E-state index in [2.05, 4.69) is 21.4 Å². The van der Waals surface area contributed by atoms with Gasteiger partial charge in [-0.25, -0.2) is 15.1 Å². The topological polar surface area (TPSA) is 148 Å². The molecule has 11 heteroatoms. The molecule has 1 unspecified atom stereocenters. The van der Waals surface area contributed by atoms with Gasteiger partial charge in [0.05, 0.1) is 28.7 Å². The van der Waals surface area contributed by atoms with Crippen LogP contribution < -0.4 is 10.5 Å². The fraction of sp³-hybridized carbons (Fsp3) is 0.304. The molecule has 9 nitrogen and oxygen atoms in total. The monoisotopic (exact) mass is 497 g/mol. The molecule has 1 aliphatic rings. The van der Waals surface area contributed by atoms with Crippen molar-refractivity contribution in [1.29, 1.82) is 5.26 Å². The van der Waals surface area contributed by atoms with Gasteiger partial charge in [0, 0.05) is 12.2 Å². The molecule has 0 saturated heterocycles. The lowest BCUT2D eigenvalue weighted by atomic mass is 10.0. The van der Waals surface area contributed by atoms with Gasteiger partial charge < -0.3 is 5.32 Å². The van der Waals surface area contributed by atoms with Crippen LogP contribution in [0.1, 0.15) is 51.2 Å². The molecule has 1 aromatic carbocycles. The zero-order chi connectivity index (χ0) is 24.1. The van der Waals surface area contributed by atoms with E-state index in [1.165, 1.54) is 23.9 Å². The molecule has 3 aromatic rings. The second-order valence-electron chi connectivity index (χ2n) is 8.22. The maximum atomic E-state index is 13.2. The summed E-state index contributed by atoms with van der Waals surface area (Å²) in [6.07, 6.45) is 5.77. The Morgan fingerprint density at radius 2 is 2.15 bits per heavy atom. The summed E-state index contributed by atoms with van der Waals surface area (Å²) in [6, 6.07) is 11.4. The van der Waals surface area contributed by atoms with Crippen molar-refractivity contribution in [1.82, 2.24) is 9.97 Å². The first kappa shape index (κ1) is 24.0. The SMILES string of the molecule is N#Cc1cccc(Cc2csc(C(=O)c3cncnc3NC3CC[C@@H](COS(N)(=O)=O)C3)c2)c1. The number of hydrogen-bond acceptors (Lipinski definition) is 9. The molecule has 176 valence electrons. The van der Waals surface area contributed by atoms with Crippen molar-refractivity contribution >= 4 is 33.2 Å². The van der Waals surface area contributed by atoms with Crippen molar-refractivity contribution in [3.8, 4) is 6.07 Å². The first-order chi connectivity index (χ1) is 16.3. The largest absolute Gasteiger partial charge is 0.367 e. The number of hydrogen-bond donors (Lipinski definition) is 2. The number of nitrogens with zero attached hydrogens (tertiary/aromatic N) is 3. The molecule has 1 fully saturated rings. The zero-order valence-electron chi connectivity index (χ0n) is 18.2. The minimum Gasteiger partial charge on any atom is -0.367 e. The van der Waals surface area contributed by atoms with Crippen LogP contribution in [0.15, 0.2) is 48.2 Å². The number of anilines is 1. The Balaban J connectivity index is 1.43. The summed E-state index contributed by atoms with van der Waals surface area (Å²) in [6.45, 7) is 0.0435. The average molecular weight is 498 g/mol. The first-order valence-electron chi connectivity index (χ1n) is 10.7. The molecule has 0 spiro atoms. The molecule has 1 saturated carbocycles. The predicted molar refractivity (Wildman–Crippen MR) is 128 cm³/mol. The van der Waals surface area contributed by atoms with Gasteiger partial charge in [-0.15, -0.1) is 11.3 Å². The number of carbonyl (C=O) groups is 1. The standard InChI is InChI=1S/C23H23N5O4S2/c24-10-16-3-1-2-15(6-16)7-18-9-21(33-13-18)22(29)20-11-26-14-27-23(20)28-19-5-4-17(8-19)12-32-34(25,30)31/h1-3,6,9,11,13-14,17,19H,4-5,7-8,12H2,(H2,25,30,31)(H,26,27,28)/t17-,19?/m1/s1. The lowest BCUT2D eigenvalue weighted by molar-refractivity contribution is 0.104. The van der Waals surface area contributed by atoms with Crippen molar-refractivity contribution in [3.63, 3.8) is 0 Å². The summed E-state index contributed by atoms with van der Waals surface area (Å²) in [7, 11) is -3.96. The molecule has 2 aromatic heterocycles. The Labute approximate surface area is 201 Å². The zero-order valence-corrected chi connectivity index (χ0v) is 19.8. The molecule has 1 aliphatic carbocycles. The Hall–Kier alpha value is -3.17. The molecule has 0 bridgehead atoms. The Morgan fingerprint density at radius 1 is 1.29 bits per heavy atom. The van der Waals surface area contributed by atoms with Gasteiger partial charge in [-0.2, -0.15) is 13.7 Å². The molecular formula is C23H23N5O4S2. The van der Waals surface area contributed by atoms with Gasteiger partial charge in [-0.1, -0.05) is 12.1 Å². The van der Waals surface area contributed by atoms with E-state index in [1.807, 2.05) is 29.6 Å².